The van der Waals surface area contributed by atoms with Crippen molar-refractivity contribution in [3.05, 3.63) is 35.4 Å². The zero-order valence-corrected chi connectivity index (χ0v) is 8.23. The number of carbonyl (C=O) groups is 1. The lowest BCUT2D eigenvalue weighted by Gasteiger charge is -2.10. The Hall–Kier alpha value is -1.35. The molecule has 0 aliphatic carbocycles. The molecule has 0 saturated carbocycles. The monoisotopic (exact) mass is 193 g/mol. The van der Waals surface area contributed by atoms with Crippen LogP contribution >= 0.6 is 0 Å². The molecule has 3 heteroatoms. The van der Waals surface area contributed by atoms with E-state index in [1.807, 2.05) is 0 Å². The summed E-state index contributed by atoms with van der Waals surface area (Å²) in [4.78, 5) is 10.6. The Morgan fingerprint density at radius 2 is 2.00 bits per heavy atom. The van der Waals surface area contributed by atoms with Gasteiger partial charge in [-0.1, -0.05) is 25.5 Å². The Morgan fingerprint density at radius 3 is 2.43 bits per heavy atom. The van der Waals surface area contributed by atoms with Crippen LogP contribution < -0.4 is 5.73 Å². The van der Waals surface area contributed by atoms with Gasteiger partial charge in [-0.3, -0.25) is 0 Å². The highest BCUT2D eigenvalue weighted by atomic mass is 16.4. The molecule has 1 aromatic rings. The first-order valence-electron chi connectivity index (χ1n) is 4.74. The highest BCUT2D eigenvalue weighted by Crippen LogP contribution is 2.16. The summed E-state index contributed by atoms with van der Waals surface area (Å²) in [6.07, 6.45) is 1.95. The lowest BCUT2D eigenvalue weighted by molar-refractivity contribution is 0.0697. The van der Waals surface area contributed by atoms with E-state index < -0.39 is 5.97 Å². The molecule has 3 N–H and O–H groups in total. The number of hydrogen-bond acceptors (Lipinski definition) is 2. The zero-order chi connectivity index (χ0) is 10.6. The van der Waals surface area contributed by atoms with Gasteiger partial charge in [-0.25, -0.2) is 4.79 Å². The van der Waals surface area contributed by atoms with Gasteiger partial charge in [-0.2, -0.15) is 0 Å². The van der Waals surface area contributed by atoms with E-state index in [0.717, 1.165) is 18.4 Å². The van der Waals surface area contributed by atoms with E-state index in [1.54, 1.807) is 24.3 Å². The van der Waals surface area contributed by atoms with Crippen molar-refractivity contribution < 1.29 is 9.90 Å². The van der Waals surface area contributed by atoms with Gasteiger partial charge in [0.05, 0.1) is 5.56 Å². The van der Waals surface area contributed by atoms with Gasteiger partial charge in [0.2, 0.25) is 0 Å². The van der Waals surface area contributed by atoms with Gasteiger partial charge in [0.15, 0.2) is 0 Å². The molecule has 3 nitrogen and oxygen atoms in total. The van der Waals surface area contributed by atoms with E-state index in [0.29, 0.717) is 5.56 Å². The second-order valence-corrected chi connectivity index (χ2v) is 3.32. The molecule has 0 radical (unpaired) electrons. The van der Waals surface area contributed by atoms with E-state index in [9.17, 15) is 4.79 Å². The van der Waals surface area contributed by atoms with Crippen molar-refractivity contribution in [1.82, 2.24) is 0 Å². The molecule has 14 heavy (non-hydrogen) atoms. The Kier molecular flexibility index (Phi) is 3.65. The highest BCUT2D eigenvalue weighted by molar-refractivity contribution is 5.87. The molecular formula is C11H15NO2. The Morgan fingerprint density at radius 1 is 1.43 bits per heavy atom. The van der Waals surface area contributed by atoms with Crippen molar-refractivity contribution in [3.63, 3.8) is 0 Å². The number of benzene rings is 1. The minimum atomic E-state index is -0.902. The maximum atomic E-state index is 10.6. The largest absolute Gasteiger partial charge is 0.478 e. The van der Waals surface area contributed by atoms with Gasteiger partial charge < -0.3 is 10.8 Å². The van der Waals surface area contributed by atoms with Crippen LogP contribution in [0.5, 0.6) is 0 Å². The molecule has 1 atom stereocenters. The maximum Gasteiger partial charge on any atom is 0.335 e. The normalized spacial score (nSPS) is 12.4. The maximum absolute atomic E-state index is 10.6. The predicted octanol–water partition coefficient (Wildman–Crippen LogP) is 2.18. The van der Waals surface area contributed by atoms with Gasteiger partial charge >= 0.3 is 5.97 Å². The molecule has 0 fully saturated rings. The third-order valence-electron chi connectivity index (χ3n) is 2.19. The van der Waals surface area contributed by atoms with E-state index in [4.69, 9.17) is 10.8 Å². The summed E-state index contributed by atoms with van der Waals surface area (Å²) in [6.45, 7) is 2.07. The average molecular weight is 193 g/mol. The molecule has 1 unspecified atom stereocenters. The molecule has 0 amide bonds. The molecule has 1 aromatic carbocycles. The van der Waals surface area contributed by atoms with E-state index in [1.165, 1.54) is 0 Å². The topological polar surface area (TPSA) is 63.3 Å². The molecule has 76 valence electrons. The number of carboxylic acids is 1. The Labute approximate surface area is 83.6 Å². The minimum Gasteiger partial charge on any atom is -0.478 e. The third-order valence-corrected chi connectivity index (χ3v) is 2.19. The lowest BCUT2D eigenvalue weighted by atomic mass is 10.0. The standard InChI is InChI=1S/C11H15NO2/c1-2-3-10(12)8-4-6-9(7-5-8)11(13)14/h4-7,10H,2-3,12H2,1H3,(H,13,14). The van der Waals surface area contributed by atoms with E-state index >= 15 is 0 Å². The number of aromatic carboxylic acids is 1. The van der Waals surface area contributed by atoms with Crippen LogP contribution in [-0.4, -0.2) is 11.1 Å². The molecule has 0 heterocycles. The van der Waals surface area contributed by atoms with E-state index in [2.05, 4.69) is 6.92 Å². The SMILES string of the molecule is CCCC(N)c1ccc(C(=O)O)cc1. The molecule has 0 aliphatic rings. The van der Waals surface area contributed by atoms with Crippen LogP contribution in [0.25, 0.3) is 0 Å². The number of carboxylic acid groups (broad SMARTS) is 1. The van der Waals surface area contributed by atoms with Gasteiger partial charge in [0, 0.05) is 6.04 Å². The highest BCUT2D eigenvalue weighted by Gasteiger charge is 2.06. The van der Waals surface area contributed by atoms with Crippen molar-refractivity contribution in [2.24, 2.45) is 5.73 Å². The van der Waals surface area contributed by atoms with Gasteiger partial charge in [0.1, 0.15) is 0 Å². The van der Waals surface area contributed by atoms with Crippen LogP contribution in [0.2, 0.25) is 0 Å². The van der Waals surface area contributed by atoms with Crippen LogP contribution in [0, 0.1) is 0 Å². The van der Waals surface area contributed by atoms with Crippen molar-refractivity contribution in [2.75, 3.05) is 0 Å². The second-order valence-electron chi connectivity index (χ2n) is 3.32. The first-order valence-corrected chi connectivity index (χ1v) is 4.74. The fraction of sp³-hybridized carbons (Fsp3) is 0.364. The average Bonchev–Trinajstić information content (AvgIpc) is 2.18. The van der Waals surface area contributed by atoms with Crippen LogP contribution in [0.1, 0.15) is 41.7 Å². The van der Waals surface area contributed by atoms with Crippen LogP contribution in [0.4, 0.5) is 0 Å². The molecule has 0 bridgehead atoms. The lowest BCUT2D eigenvalue weighted by Crippen LogP contribution is -2.09. The molecule has 0 spiro atoms. The predicted molar refractivity (Wildman–Crippen MR) is 55.2 cm³/mol. The summed E-state index contributed by atoms with van der Waals surface area (Å²) in [6, 6.07) is 6.76. The van der Waals surface area contributed by atoms with Crippen LogP contribution in [0.3, 0.4) is 0 Å². The first-order chi connectivity index (χ1) is 6.65. The summed E-state index contributed by atoms with van der Waals surface area (Å²) < 4.78 is 0. The second kappa shape index (κ2) is 4.77. The smallest absolute Gasteiger partial charge is 0.335 e. The fourth-order valence-electron chi connectivity index (χ4n) is 1.35. The molecule has 1 rings (SSSR count). The fourth-order valence-corrected chi connectivity index (χ4v) is 1.35. The van der Waals surface area contributed by atoms with Gasteiger partial charge in [-0.05, 0) is 24.1 Å². The Bertz CT molecular complexity index is 306. The summed E-state index contributed by atoms with van der Waals surface area (Å²) in [7, 11) is 0. The quantitative estimate of drug-likeness (QED) is 0.770. The van der Waals surface area contributed by atoms with Crippen LogP contribution in [-0.2, 0) is 0 Å². The molecule has 0 aliphatic heterocycles. The summed E-state index contributed by atoms with van der Waals surface area (Å²) >= 11 is 0. The minimum absolute atomic E-state index is 0.0165. The zero-order valence-electron chi connectivity index (χ0n) is 8.23. The number of hydrogen-bond donors (Lipinski definition) is 2. The Balaban J connectivity index is 2.77. The molecule has 0 aromatic heterocycles. The van der Waals surface area contributed by atoms with Gasteiger partial charge in [0.25, 0.3) is 0 Å². The molecule has 0 saturated heterocycles. The van der Waals surface area contributed by atoms with Crippen molar-refractivity contribution in [1.29, 1.82) is 0 Å². The van der Waals surface area contributed by atoms with Crippen molar-refractivity contribution >= 4 is 5.97 Å². The van der Waals surface area contributed by atoms with Crippen molar-refractivity contribution in [3.8, 4) is 0 Å². The number of rotatable bonds is 4. The molecular weight excluding hydrogens is 178 g/mol. The van der Waals surface area contributed by atoms with E-state index in [-0.39, 0.29) is 6.04 Å². The number of nitrogens with two attached hydrogens (primary N) is 1. The first kappa shape index (κ1) is 10.7. The van der Waals surface area contributed by atoms with Crippen molar-refractivity contribution in [2.45, 2.75) is 25.8 Å². The van der Waals surface area contributed by atoms with Crippen LogP contribution in [0.15, 0.2) is 24.3 Å². The third kappa shape index (κ3) is 2.57. The summed E-state index contributed by atoms with van der Waals surface area (Å²) in [5.41, 5.74) is 7.18. The summed E-state index contributed by atoms with van der Waals surface area (Å²) in [5, 5.41) is 8.69. The summed E-state index contributed by atoms with van der Waals surface area (Å²) in [5.74, 6) is -0.902. The van der Waals surface area contributed by atoms with Gasteiger partial charge in [-0.15, -0.1) is 0 Å².